The predicted octanol–water partition coefficient (Wildman–Crippen LogP) is 4.95. The zero-order valence-electron chi connectivity index (χ0n) is 10.8. The van der Waals surface area contributed by atoms with Crippen LogP contribution in [0.25, 0.3) is 0 Å². The van der Waals surface area contributed by atoms with Gasteiger partial charge in [-0.1, -0.05) is 49.9 Å². The van der Waals surface area contributed by atoms with Crippen molar-refractivity contribution in [1.82, 2.24) is 9.97 Å². The van der Waals surface area contributed by atoms with Gasteiger partial charge in [0.1, 0.15) is 16.1 Å². The number of rotatable bonds is 2. The molecule has 0 N–H and O–H groups in total. The van der Waals surface area contributed by atoms with E-state index in [0.29, 0.717) is 27.6 Å². The van der Waals surface area contributed by atoms with E-state index >= 15 is 0 Å². The van der Waals surface area contributed by atoms with Gasteiger partial charge in [0.25, 0.3) is 0 Å². The fraction of sp³-hybridized carbons (Fsp3) is 0.714. The lowest BCUT2D eigenvalue weighted by atomic mass is 10.0. The average molecular weight is 285 g/mol. The minimum Gasteiger partial charge on any atom is -0.220 e. The van der Waals surface area contributed by atoms with Crippen LogP contribution in [0.2, 0.25) is 10.3 Å². The molecule has 2 aliphatic rings. The molecule has 1 heterocycles. The number of nitrogens with zero attached hydrogens (tertiary/aromatic N) is 2. The molecule has 2 fully saturated rings. The molecule has 0 spiro atoms. The monoisotopic (exact) mass is 284 g/mol. The minimum atomic E-state index is 0.307. The molecule has 0 aromatic carbocycles. The van der Waals surface area contributed by atoms with Crippen molar-refractivity contribution in [1.29, 1.82) is 0 Å². The van der Waals surface area contributed by atoms with E-state index in [4.69, 9.17) is 23.2 Å². The highest BCUT2D eigenvalue weighted by molar-refractivity contribution is 6.34. The molecule has 4 heteroatoms. The summed E-state index contributed by atoms with van der Waals surface area (Å²) in [6.45, 7) is 4.46. The van der Waals surface area contributed by atoms with Crippen molar-refractivity contribution in [2.75, 3.05) is 0 Å². The minimum absolute atomic E-state index is 0.307. The first-order chi connectivity index (χ1) is 8.49. The van der Waals surface area contributed by atoms with E-state index in [1.807, 2.05) is 0 Å². The topological polar surface area (TPSA) is 25.8 Å². The van der Waals surface area contributed by atoms with Gasteiger partial charge in [-0.3, -0.25) is 0 Å². The van der Waals surface area contributed by atoms with Crippen LogP contribution in [0.3, 0.4) is 0 Å². The van der Waals surface area contributed by atoms with Crippen molar-refractivity contribution >= 4 is 23.2 Å². The van der Waals surface area contributed by atoms with Gasteiger partial charge >= 0.3 is 0 Å². The number of aromatic nitrogens is 2. The summed E-state index contributed by atoms with van der Waals surface area (Å²) >= 11 is 12.7. The molecule has 2 aliphatic carbocycles. The van der Waals surface area contributed by atoms with E-state index in [0.717, 1.165) is 30.7 Å². The first-order valence-electron chi connectivity index (χ1n) is 6.72. The van der Waals surface area contributed by atoms with Gasteiger partial charge in [-0.25, -0.2) is 9.97 Å². The Labute approximate surface area is 118 Å². The summed E-state index contributed by atoms with van der Waals surface area (Å²) in [6.07, 6.45) is 5.97. The second-order valence-corrected chi connectivity index (χ2v) is 7.02. The van der Waals surface area contributed by atoms with Gasteiger partial charge in [-0.15, -0.1) is 0 Å². The highest BCUT2D eigenvalue weighted by Crippen LogP contribution is 2.58. The first-order valence-corrected chi connectivity index (χ1v) is 7.47. The molecule has 2 saturated carbocycles. The summed E-state index contributed by atoms with van der Waals surface area (Å²) in [4.78, 5) is 9.01. The highest BCUT2D eigenvalue weighted by atomic mass is 35.5. The van der Waals surface area contributed by atoms with Gasteiger partial charge in [0.05, 0.1) is 0 Å². The van der Waals surface area contributed by atoms with Gasteiger partial charge in [-0.05, 0) is 30.6 Å². The van der Waals surface area contributed by atoms with E-state index in [1.165, 1.54) is 12.8 Å². The SMILES string of the molecule is CC1(C)CC1c1nc(Cl)c(C2CCCC2)c(Cl)n1. The van der Waals surface area contributed by atoms with E-state index in [-0.39, 0.29) is 0 Å². The van der Waals surface area contributed by atoms with E-state index in [1.54, 1.807) is 0 Å². The number of halogens is 2. The summed E-state index contributed by atoms with van der Waals surface area (Å²) in [6, 6.07) is 0. The van der Waals surface area contributed by atoms with Crippen molar-refractivity contribution in [3.05, 3.63) is 21.7 Å². The molecule has 1 aromatic rings. The maximum atomic E-state index is 6.34. The highest BCUT2D eigenvalue weighted by Gasteiger charge is 2.49. The van der Waals surface area contributed by atoms with Crippen LogP contribution in [0, 0.1) is 5.41 Å². The van der Waals surface area contributed by atoms with Gasteiger partial charge in [0.2, 0.25) is 0 Å². The molecule has 0 bridgehead atoms. The lowest BCUT2D eigenvalue weighted by Gasteiger charge is -2.14. The maximum absolute atomic E-state index is 6.34. The first kappa shape index (κ1) is 12.7. The summed E-state index contributed by atoms with van der Waals surface area (Å²) in [5, 5.41) is 1.17. The van der Waals surface area contributed by atoms with Crippen LogP contribution in [0.5, 0.6) is 0 Å². The summed E-state index contributed by atoms with van der Waals surface area (Å²) < 4.78 is 0. The van der Waals surface area contributed by atoms with Crippen molar-refractivity contribution in [3.8, 4) is 0 Å². The van der Waals surface area contributed by atoms with Crippen molar-refractivity contribution < 1.29 is 0 Å². The lowest BCUT2D eigenvalue weighted by molar-refractivity contribution is 0.606. The largest absolute Gasteiger partial charge is 0.220 e. The Morgan fingerprint density at radius 3 is 2.00 bits per heavy atom. The Hall–Kier alpha value is -0.340. The Kier molecular flexibility index (Phi) is 3.06. The van der Waals surface area contributed by atoms with Crippen molar-refractivity contribution in [2.24, 2.45) is 5.41 Å². The Balaban J connectivity index is 1.93. The standard InChI is InChI=1S/C14H18Cl2N2/c1-14(2)7-9(14)13-17-11(15)10(12(16)18-13)8-5-3-4-6-8/h8-9H,3-7H2,1-2H3. The third-order valence-corrected chi connectivity index (χ3v) is 5.03. The van der Waals surface area contributed by atoms with Crippen LogP contribution in [-0.4, -0.2) is 9.97 Å². The Bertz CT molecular complexity index is 456. The molecular formula is C14H18Cl2N2. The molecular weight excluding hydrogens is 267 g/mol. The van der Waals surface area contributed by atoms with Crippen LogP contribution >= 0.6 is 23.2 Å². The van der Waals surface area contributed by atoms with E-state index in [9.17, 15) is 0 Å². The van der Waals surface area contributed by atoms with Crippen molar-refractivity contribution in [2.45, 2.75) is 57.8 Å². The fourth-order valence-electron chi connectivity index (χ4n) is 3.05. The second kappa shape index (κ2) is 4.35. The van der Waals surface area contributed by atoms with Crippen molar-refractivity contribution in [3.63, 3.8) is 0 Å². The Morgan fingerprint density at radius 1 is 1.06 bits per heavy atom. The van der Waals surface area contributed by atoms with Crippen LogP contribution < -0.4 is 0 Å². The fourth-order valence-corrected chi connectivity index (χ4v) is 3.76. The molecule has 2 nitrogen and oxygen atoms in total. The average Bonchev–Trinajstić information content (AvgIpc) is 2.74. The van der Waals surface area contributed by atoms with E-state index < -0.39 is 0 Å². The third-order valence-electron chi connectivity index (χ3n) is 4.46. The zero-order chi connectivity index (χ0) is 12.9. The summed E-state index contributed by atoms with van der Waals surface area (Å²) in [5.41, 5.74) is 1.29. The van der Waals surface area contributed by atoms with Crippen LogP contribution in [-0.2, 0) is 0 Å². The Morgan fingerprint density at radius 2 is 1.56 bits per heavy atom. The smallest absolute Gasteiger partial charge is 0.137 e. The molecule has 98 valence electrons. The third kappa shape index (κ3) is 2.14. The maximum Gasteiger partial charge on any atom is 0.137 e. The van der Waals surface area contributed by atoms with Crippen LogP contribution in [0.15, 0.2) is 0 Å². The molecule has 1 aromatic heterocycles. The lowest BCUT2D eigenvalue weighted by Crippen LogP contribution is -2.04. The molecule has 0 amide bonds. The van der Waals surface area contributed by atoms with Crippen LogP contribution in [0.4, 0.5) is 0 Å². The van der Waals surface area contributed by atoms with E-state index in [2.05, 4.69) is 23.8 Å². The molecule has 3 rings (SSSR count). The summed E-state index contributed by atoms with van der Waals surface area (Å²) in [7, 11) is 0. The number of hydrogen-bond acceptors (Lipinski definition) is 2. The van der Waals surface area contributed by atoms with Gasteiger partial charge < -0.3 is 0 Å². The molecule has 0 aliphatic heterocycles. The van der Waals surface area contributed by atoms with Crippen LogP contribution in [0.1, 0.15) is 69.2 Å². The van der Waals surface area contributed by atoms with Gasteiger partial charge in [0.15, 0.2) is 0 Å². The number of hydrogen-bond donors (Lipinski definition) is 0. The molecule has 1 unspecified atom stereocenters. The molecule has 1 atom stereocenters. The molecule has 0 saturated heterocycles. The second-order valence-electron chi connectivity index (χ2n) is 6.30. The molecule has 18 heavy (non-hydrogen) atoms. The van der Waals surface area contributed by atoms with Gasteiger partial charge in [-0.2, -0.15) is 0 Å². The van der Waals surface area contributed by atoms with Gasteiger partial charge in [0, 0.05) is 11.5 Å². The molecule has 0 radical (unpaired) electrons. The predicted molar refractivity (Wildman–Crippen MR) is 74.4 cm³/mol. The summed E-state index contributed by atoms with van der Waals surface area (Å²) in [5.74, 6) is 1.72. The quantitative estimate of drug-likeness (QED) is 0.718. The normalized spacial score (nSPS) is 26.6. The zero-order valence-corrected chi connectivity index (χ0v) is 12.4.